The first kappa shape index (κ1) is 24.4. The van der Waals surface area contributed by atoms with Crippen LogP contribution in [0.3, 0.4) is 0 Å². The van der Waals surface area contributed by atoms with E-state index in [0.29, 0.717) is 67.0 Å². The number of carbonyl (C=O) groups is 1. The number of thiophene rings is 1. The quantitative estimate of drug-likeness (QED) is 0.416. The summed E-state index contributed by atoms with van der Waals surface area (Å²) < 4.78 is 26.3. The van der Waals surface area contributed by atoms with E-state index < -0.39 is 6.09 Å². The Balaban J connectivity index is 1.15. The third-order valence-electron chi connectivity index (χ3n) is 7.83. The Bertz CT molecular complexity index is 1230. The highest BCUT2D eigenvalue weighted by Crippen LogP contribution is 2.52. The van der Waals surface area contributed by atoms with Gasteiger partial charge >= 0.3 is 6.09 Å². The van der Waals surface area contributed by atoms with Crippen molar-refractivity contribution in [2.75, 3.05) is 55.7 Å². The molecule has 1 aliphatic carbocycles. The van der Waals surface area contributed by atoms with Gasteiger partial charge in [-0.2, -0.15) is 0 Å². The van der Waals surface area contributed by atoms with Crippen molar-refractivity contribution in [3.05, 3.63) is 76.9 Å². The fourth-order valence-corrected chi connectivity index (χ4v) is 6.46. The minimum atomic E-state index is -0.456. The Kier molecular flexibility index (Phi) is 6.88. The van der Waals surface area contributed by atoms with E-state index in [1.165, 1.54) is 28.5 Å². The lowest BCUT2D eigenvalue weighted by Gasteiger charge is -2.30. The van der Waals surface area contributed by atoms with Crippen LogP contribution in [0.15, 0.2) is 60.0 Å². The molecule has 0 N–H and O–H groups in total. The second-order valence-corrected chi connectivity index (χ2v) is 11.2. The predicted molar refractivity (Wildman–Crippen MR) is 144 cm³/mol. The molecule has 2 aliphatic heterocycles. The maximum Gasteiger partial charge on any atom is 0.420 e. The van der Waals surface area contributed by atoms with Gasteiger partial charge in [0.1, 0.15) is 5.82 Å². The van der Waals surface area contributed by atoms with E-state index in [1.807, 2.05) is 22.4 Å². The highest BCUT2D eigenvalue weighted by atomic mass is 32.1. The summed E-state index contributed by atoms with van der Waals surface area (Å²) in [6.45, 7) is 8.17. The first-order valence-corrected chi connectivity index (χ1v) is 13.9. The van der Waals surface area contributed by atoms with Gasteiger partial charge in [0.05, 0.1) is 24.6 Å². The molecule has 6 nitrogen and oxygen atoms in total. The molecule has 0 radical (unpaired) electrons. The molecule has 194 valence electrons. The standard InChI is InChI=1S/C29H32FN3O3S/c1-20-4-2-5-21(14-20)16-31-17-23-24(18-31)25(23)19-33(29(34)36-28-6-3-13-37-28)22-7-8-27(26(30)15-22)32-9-11-35-12-10-32/h2-8,13-15,23-25H,9-12,16-19H2,1H3. The molecule has 1 amide bonds. The molecule has 1 saturated carbocycles. The lowest BCUT2D eigenvalue weighted by molar-refractivity contribution is 0.122. The van der Waals surface area contributed by atoms with Crippen LogP contribution in [0.2, 0.25) is 0 Å². The van der Waals surface area contributed by atoms with Crippen molar-refractivity contribution in [3.63, 3.8) is 0 Å². The number of nitrogens with zero attached hydrogens (tertiary/aromatic N) is 3. The summed E-state index contributed by atoms with van der Waals surface area (Å²) in [4.78, 5) is 19.4. The van der Waals surface area contributed by atoms with Crippen molar-refractivity contribution in [3.8, 4) is 5.06 Å². The molecular weight excluding hydrogens is 489 g/mol. The van der Waals surface area contributed by atoms with Gasteiger partial charge in [0.2, 0.25) is 0 Å². The average molecular weight is 522 g/mol. The molecule has 3 aliphatic rings. The molecule has 8 heteroatoms. The van der Waals surface area contributed by atoms with Gasteiger partial charge in [-0.25, -0.2) is 9.18 Å². The van der Waals surface area contributed by atoms with Crippen molar-refractivity contribution in [1.82, 2.24) is 4.90 Å². The van der Waals surface area contributed by atoms with Crippen LogP contribution in [0.5, 0.6) is 5.06 Å². The molecule has 3 heterocycles. The third-order valence-corrected chi connectivity index (χ3v) is 8.57. The maximum absolute atomic E-state index is 15.2. The number of hydrogen-bond acceptors (Lipinski definition) is 6. The number of fused-ring (bicyclic) bond motifs is 1. The molecule has 2 atom stereocenters. The van der Waals surface area contributed by atoms with Gasteiger partial charge in [-0.3, -0.25) is 9.80 Å². The number of hydrogen-bond donors (Lipinski definition) is 0. The number of rotatable bonds is 7. The predicted octanol–water partition coefficient (Wildman–Crippen LogP) is 5.42. The molecule has 0 bridgehead atoms. The summed E-state index contributed by atoms with van der Waals surface area (Å²) >= 11 is 1.37. The molecule has 1 aromatic heterocycles. The van der Waals surface area contributed by atoms with E-state index >= 15 is 4.39 Å². The molecule has 3 aromatic rings. The van der Waals surface area contributed by atoms with Gasteiger partial charge < -0.3 is 14.4 Å². The highest BCUT2D eigenvalue weighted by Gasteiger charge is 2.56. The maximum atomic E-state index is 15.2. The minimum Gasteiger partial charge on any atom is -0.399 e. The van der Waals surface area contributed by atoms with Crippen LogP contribution in [0.1, 0.15) is 11.1 Å². The molecule has 0 spiro atoms. The van der Waals surface area contributed by atoms with Crippen LogP contribution < -0.4 is 14.5 Å². The summed E-state index contributed by atoms with van der Waals surface area (Å²) in [6, 6.07) is 17.4. The van der Waals surface area contributed by atoms with E-state index in [-0.39, 0.29) is 5.82 Å². The van der Waals surface area contributed by atoms with Gasteiger partial charge in [-0.05, 0) is 66.0 Å². The summed E-state index contributed by atoms with van der Waals surface area (Å²) in [5.74, 6) is 1.18. The van der Waals surface area contributed by atoms with Crippen LogP contribution in [0.4, 0.5) is 20.6 Å². The van der Waals surface area contributed by atoms with E-state index in [1.54, 1.807) is 17.0 Å². The molecule has 2 aromatic carbocycles. The van der Waals surface area contributed by atoms with E-state index in [2.05, 4.69) is 36.1 Å². The second kappa shape index (κ2) is 10.4. The number of morpholine rings is 1. The van der Waals surface area contributed by atoms with Crippen molar-refractivity contribution in [2.24, 2.45) is 17.8 Å². The van der Waals surface area contributed by atoms with Crippen LogP contribution in [0, 0.1) is 30.5 Å². The zero-order chi connectivity index (χ0) is 25.4. The second-order valence-electron chi connectivity index (χ2n) is 10.3. The Morgan fingerprint density at radius 3 is 2.62 bits per heavy atom. The first-order chi connectivity index (χ1) is 18.0. The SMILES string of the molecule is Cc1cccc(CN2CC3C(C2)C3CN(C(=O)Oc2cccs2)c2ccc(N3CCOCC3)c(F)c2)c1. The zero-order valence-electron chi connectivity index (χ0n) is 21.0. The number of amides is 1. The fraction of sp³-hybridized carbons (Fsp3) is 0.414. The van der Waals surface area contributed by atoms with Crippen molar-refractivity contribution in [2.45, 2.75) is 13.5 Å². The Hall–Kier alpha value is -2.94. The topological polar surface area (TPSA) is 45.2 Å². The van der Waals surface area contributed by atoms with Crippen LogP contribution >= 0.6 is 11.3 Å². The molecule has 6 rings (SSSR count). The summed E-state index contributed by atoms with van der Waals surface area (Å²) in [7, 11) is 0. The van der Waals surface area contributed by atoms with E-state index in [9.17, 15) is 4.79 Å². The molecule has 3 fully saturated rings. The third kappa shape index (κ3) is 5.37. The Morgan fingerprint density at radius 2 is 1.92 bits per heavy atom. The van der Waals surface area contributed by atoms with Gasteiger partial charge in [0.15, 0.2) is 5.06 Å². The summed E-state index contributed by atoms with van der Waals surface area (Å²) in [6.07, 6.45) is -0.456. The highest BCUT2D eigenvalue weighted by molar-refractivity contribution is 7.11. The van der Waals surface area contributed by atoms with Crippen molar-refractivity contribution >= 4 is 28.8 Å². The lowest BCUT2D eigenvalue weighted by Crippen LogP contribution is -2.38. The molecule has 2 unspecified atom stereocenters. The number of halogens is 1. The minimum absolute atomic E-state index is 0.325. The summed E-state index contributed by atoms with van der Waals surface area (Å²) in [5.41, 5.74) is 3.72. The number of carbonyl (C=O) groups excluding carboxylic acids is 1. The molecule has 2 saturated heterocycles. The van der Waals surface area contributed by atoms with Crippen molar-refractivity contribution < 1.29 is 18.7 Å². The number of aryl methyl sites for hydroxylation is 1. The lowest BCUT2D eigenvalue weighted by atomic mass is 10.1. The molecule has 37 heavy (non-hydrogen) atoms. The smallest absolute Gasteiger partial charge is 0.399 e. The Morgan fingerprint density at radius 1 is 1.11 bits per heavy atom. The number of benzene rings is 2. The van der Waals surface area contributed by atoms with Gasteiger partial charge in [-0.1, -0.05) is 29.8 Å². The normalized spacial score (nSPS) is 23.1. The molecular formula is C29H32FN3O3S. The monoisotopic (exact) mass is 521 g/mol. The number of ether oxygens (including phenoxy) is 2. The Labute approximate surface area is 221 Å². The van der Waals surface area contributed by atoms with Crippen molar-refractivity contribution in [1.29, 1.82) is 0 Å². The zero-order valence-corrected chi connectivity index (χ0v) is 21.8. The van der Waals surface area contributed by atoms with Crippen LogP contribution in [-0.4, -0.2) is 56.9 Å². The number of piperidine rings is 1. The van der Waals surface area contributed by atoms with E-state index in [0.717, 1.165) is 19.6 Å². The van der Waals surface area contributed by atoms with Crippen LogP contribution in [0.25, 0.3) is 0 Å². The van der Waals surface area contributed by atoms with E-state index in [4.69, 9.17) is 9.47 Å². The van der Waals surface area contributed by atoms with Gasteiger partial charge in [-0.15, -0.1) is 11.3 Å². The number of anilines is 2. The van der Waals surface area contributed by atoms with Gasteiger partial charge in [0.25, 0.3) is 0 Å². The largest absolute Gasteiger partial charge is 0.420 e. The van der Waals surface area contributed by atoms with Gasteiger partial charge in [0, 0.05) is 39.3 Å². The number of likely N-dealkylation sites (tertiary alicyclic amines) is 1. The first-order valence-electron chi connectivity index (χ1n) is 13.0. The summed E-state index contributed by atoms with van der Waals surface area (Å²) in [5, 5.41) is 2.42. The van der Waals surface area contributed by atoms with Crippen LogP contribution in [-0.2, 0) is 11.3 Å². The fourth-order valence-electron chi connectivity index (χ4n) is 5.89. The average Bonchev–Trinajstić information content (AvgIpc) is 3.23.